The highest BCUT2D eigenvalue weighted by molar-refractivity contribution is 5.79. The number of rotatable bonds is 9. The molecule has 1 aromatic rings. The largest absolute Gasteiger partial charge is 0.416 e. The summed E-state index contributed by atoms with van der Waals surface area (Å²) in [5, 5.41) is 6.40. The van der Waals surface area contributed by atoms with Gasteiger partial charge >= 0.3 is 6.18 Å². The lowest BCUT2D eigenvalue weighted by Crippen LogP contribution is -2.49. The van der Waals surface area contributed by atoms with E-state index in [2.05, 4.69) is 15.6 Å². The lowest BCUT2D eigenvalue weighted by molar-refractivity contribution is -0.137. The zero-order valence-electron chi connectivity index (χ0n) is 15.9. The van der Waals surface area contributed by atoms with E-state index in [4.69, 9.17) is 9.47 Å². The number of nitrogens with zero attached hydrogens (tertiary/aromatic N) is 1. The summed E-state index contributed by atoms with van der Waals surface area (Å²) in [6, 6.07) is 5.67. The molecule has 1 aliphatic rings. The maximum absolute atomic E-state index is 13.0. The Labute approximate surface area is 158 Å². The van der Waals surface area contributed by atoms with Crippen molar-refractivity contribution in [3.8, 4) is 0 Å². The number of nitrogens with one attached hydrogen (secondary N) is 2. The van der Waals surface area contributed by atoms with E-state index in [1.807, 2.05) is 0 Å². The molecule has 0 spiro atoms. The van der Waals surface area contributed by atoms with Gasteiger partial charge in [-0.25, -0.2) is 0 Å². The van der Waals surface area contributed by atoms with Gasteiger partial charge in [0.15, 0.2) is 5.96 Å². The van der Waals surface area contributed by atoms with Crippen molar-refractivity contribution in [3.63, 3.8) is 0 Å². The summed E-state index contributed by atoms with van der Waals surface area (Å²) in [5.41, 5.74) is -0.148. The Morgan fingerprint density at radius 1 is 1.19 bits per heavy atom. The average molecular weight is 387 g/mol. The summed E-state index contributed by atoms with van der Waals surface area (Å²) in [6.45, 7) is 2.72. The summed E-state index contributed by atoms with van der Waals surface area (Å²) >= 11 is 0. The number of halogens is 3. The van der Waals surface area contributed by atoms with Crippen LogP contribution >= 0.6 is 0 Å². The van der Waals surface area contributed by atoms with E-state index in [9.17, 15) is 13.2 Å². The van der Waals surface area contributed by atoms with Crippen molar-refractivity contribution in [3.05, 3.63) is 35.4 Å². The Balaban J connectivity index is 1.90. The molecule has 2 rings (SSSR count). The van der Waals surface area contributed by atoms with E-state index in [0.29, 0.717) is 38.9 Å². The Morgan fingerprint density at radius 2 is 1.96 bits per heavy atom. The van der Waals surface area contributed by atoms with Gasteiger partial charge in [0.2, 0.25) is 0 Å². The normalized spacial score (nSPS) is 16.7. The minimum atomic E-state index is -4.32. The predicted molar refractivity (Wildman–Crippen MR) is 99.0 cm³/mol. The molecule has 1 aromatic carbocycles. The third-order valence-corrected chi connectivity index (χ3v) is 4.90. The smallest absolute Gasteiger partial charge is 0.382 e. The molecule has 0 amide bonds. The maximum atomic E-state index is 13.0. The lowest BCUT2D eigenvalue weighted by atomic mass is 9.64. The van der Waals surface area contributed by atoms with E-state index in [1.165, 1.54) is 12.1 Å². The van der Waals surface area contributed by atoms with Gasteiger partial charge in [-0.15, -0.1) is 0 Å². The quantitative estimate of drug-likeness (QED) is 0.389. The van der Waals surface area contributed by atoms with Gasteiger partial charge in [-0.3, -0.25) is 4.99 Å². The summed E-state index contributed by atoms with van der Waals surface area (Å²) < 4.78 is 49.4. The SMILES string of the molecule is CN=C(NCCOCCOC)NCC1(c2cccc(C(F)(F)F)c2)CCC1. The molecule has 0 bridgehead atoms. The first-order chi connectivity index (χ1) is 12.9. The molecular formula is C19H28F3N3O2. The van der Waals surface area contributed by atoms with Crippen LogP contribution in [-0.4, -0.2) is 53.0 Å². The van der Waals surface area contributed by atoms with Crippen molar-refractivity contribution < 1.29 is 22.6 Å². The third-order valence-electron chi connectivity index (χ3n) is 4.90. The van der Waals surface area contributed by atoms with Crippen LogP contribution in [-0.2, 0) is 21.1 Å². The van der Waals surface area contributed by atoms with Gasteiger partial charge in [-0.05, 0) is 24.5 Å². The van der Waals surface area contributed by atoms with Gasteiger partial charge in [0.25, 0.3) is 0 Å². The molecule has 0 aliphatic heterocycles. The number of methoxy groups -OCH3 is 1. The molecule has 0 saturated heterocycles. The molecular weight excluding hydrogens is 359 g/mol. The number of alkyl halides is 3. The fraction of sp³-hybridized carbons (Fsp3) is 0.632. The molecule has 0 aromatic heterocycles. The topological polar surface area (TPSA) is 54.9 Å². The fourth-order valence-corrected chi connectivity index (χ4v) is 3.16. The minimum Gasteiger partial charge on any atom is -0.382 e. The van der Waals surface area contributed by atoms with E-state index in [1.54, 1.807) is 20.2 Å². The van der Waals surface area contributed by atoms with Crippen molar-refractivity contribution in [1.82, 2.24) is 10.6 Å². The highest BCUT2D eigenvalue weighted by atomic mass is 19.4. The van der Waals surface area contributed by atoms with Crippen LogP contribution < -0.4 is 10.6 Å². The fourth-order valence-electron chi connectivity index (χ4n) is 3.16. The van der Waals surface area contributed by atoms with E-state index >= 15 is 0 Å². The zero-order chi connectivity index (χ0) is 19.8. The summed E-state index contributed by atoms with van der Waals surface area (Å²) in [4.78, 5) is 4.17. The second kappa shape index (κ2) is 9.94. The van der Waals surface area contributed by atoms with Crippen LogP contribution in [0, 0.1) is 0 Å². The van der Waals surface area contributed by atoms with Crippen LogP contribution in [0.1, 0.15) is 30.4 Å². The Bertz CT molecular complexity index is 616. The van der Waals surface area contributed by atoms with E-state index in [0.717, 1.165) is 30.9 Å². The molecule has 8 heteroatoms. The van der Waals surface area contributed by atoms with E-state index in [-0.39, 0.29) is 5.41 Å². The molecule has 27 heavy (non-hydrogen) atoms. The molecule has 152 valence electrons. The molecule has 1 fully saturated rings. The number of hydrogen-bond acceptors (Lipinski definition) is 3. The van der Waals surface area contributed by atoms with Crippen molar-refractivity contribution in [2.75, 3.05) is 47.1 Å². The number of guanidine groups is 1. The molecule has 0 unspecified atom stereocenters. The monoisotopic (exact) mass is 387 g/mol. The van der Waals surface area contributed by atoms with Gasteiger partial charge in [0, 0.05) is 32.7 Å². The maximum Gasteiger partial charge on any atom is 0.416 e. The second-order valence-corrected chi connectivity index (χ2v) is 6.67. The van der Waals surface area contributed by atoms with Crippen molar-refractivity contribution in [1.29, 1.82) is 0 Å². The van der Waals surface area contributed by atoms with Crippen LogP contribution in [0.3, 0.4) is 0 Å². The zero-order valence-corrected chi connectivity index (χ0v) is 15.9. The van der Waals surface area contributed by atoms with E-state index < -0.39 is 11.7 Å². The van der Waals surface area contributed by atoms with Crippen molar-refractivity contribution in [2.24, 2.45) is 4.99 Å². The van der Waals surface area contributed by atoms with Crippen molar-refractivity contribution in [2.45, 2.75) is 30.9 Å². The Hall–Kier alpha value is -1.80. The molecule has 1 saturated carbocycles. The number of aliphatic imine (C=N–C) groups is 1. The lowest BCUT2D eigenvalue weighted by Gasteiger charge is -2.43. The van der Waals surface area contributed by atoms with Crippen LogP contribution in [0.4, 0.5) is 13.2 Å². The van der Waals surface area contributed by atoms with Gasteiger partial charge in [-0.1, -0.05) is 24.6 Å². The Morgan fingerprint density at radius 3 is 2.56 bits per heavy atom. The standard InChI is InChI=1S/C19H28F3N3O2/c1-23-17(24-9-10-27-12-11-26-2)25-14-18(7-4-8-18)15-5-3-6-16(13-15)19(20,21)22/h3,5-6,13H,4,7-12,14H2,1-2H3,(H2,23,24,25). The first kappa shape index (κ1) is 21.5. The molecule has 5 nitrogen and oxygen atoms in total. The van der Waals surface area contributed by atoms with Gasteiger partial charge in [0.05, 0.1) is 25.4 Å². The first-order valence-corrected chi connectivity index (χ1v) is 9.10. The molecule has 0 atom stereocenters. The highest BCUT2D eigenvalue weighted by Gasteiger charge is 2.40. The Kier molecular flexibility index (Phi) is 7.91. The molecule has 0 heterocycles. The first-order valence-electron chi connectivity index (χ1n) is 9.10. The number of ether oxygens (including phenoxy) is 2. The number of benzene rings is 1. The summed E-state index contributed by atoms with van der Waals surface area (Å²) in [5.74, 6) is 0.614. The molecule has 1 aliphatic carbocycles. The number of hydrogen-bond donors (Lipinski definition) is 2. The van der Waals surface area contributed by atoms with Gasteiger partial charge in [0.1, 0.15) is 0 Å². The second-order valence-electron chi connectivity index (χ2n) is 6.67. The van der Waals surface area contributed by atoms with Gasteiger partial charge < -0.3 is 20.1 Å². The summed E-state index contributed by atoms with van der Waals surface area (Å²) in [6.07, 6.45) is -1.59. The third kappa shape index (κ3) is 6.10. The predicted octanol–water partition coefficient (Wildman–Crippen LogP) is 2.96. The van der Waals surface area contributed by atoms with Crippen LogP contribution in [0.5, 0.6) is 0 Å². The minimum absolute atomic E-state index is 0.284. The van der Waals surface area contributed by atoms with Gasteiger partial charge in [-0.2, -0.15) is 13.2 Å². The average Bonchev–Trinajstić information content (AvgIpc) is 2.61. The molecule has 0 radical (unpaired) electrons. The van der Waals surface area contributed by atoms with Crippen LogP contribution in [0.25, 0.3) is 0 Å². The van der Waals surface area contributed by atoms with Crippen LogP contribution in [0.15, 0.2) is 29.3 Å². The van der Waals surface area contributed by atoms with Crippen LogP contribution in [0.2, 0.25) is 0 Å². The highest BCUT2D eigenvalue weighted by Crippen LogP contribution is 2.44. The summed E-state index contributed by atoms with van der Waals surface area (Å²) in [7, 11) is 3.28. The molecule has 2 N–H and O–H groups in total. The van der Waals surface area contributed by atoms with Crippen molar-refractivity contribution >= 4 is 5.96 Å².